The summed E-state index contributed by atoms with van der Waals surface area (Å²) in [5.74, 6) is 1.22. The van der Waals surface area contributed by atoms with Crippen molar-refractivity contribution in [3.8, 4) is 5.75 Å². The molecule has 0 saturated carbocycles. The van der Waals surface area contributed by atoms with E-state index in [0.717, 1.165) is 25.7 Å². The van der Waals surface area contributed by atoms with E-state index in [2.05, 4.69) is 40.7 Å². The number of hydrogen-bond donors (Lipinski definition) is 1. The van der Waals surface area contributed by atoms with Crippen LogP contribution in [0.25, 0.3) is 0 Å². The van der Waals surface area contributed by atoms with Crippen LogP contribution in [0.5, 0.6) is 5.75 Å². The van der Waals surface area contributed by atoms with Gasteiger partial charge in [-0.2, -0.15) is 0 Å². The number of rotatable bonds is 11. The quantitative estimate of drug-likeness (QED) is 0.486. The predicted octanol–water partition coefficient (Wildman–Crippen LogP) is 6.62. The number of benzene rings is 1. The summed E-state index contributed by atoms with van der Waals surface area (Å²) in [4.78, 5) is 0. The van der Waals surface area contributed by atoms with E-state index in [4.69, 9.17) is 0 Å². The van der Waals surface area contributed by atoms with E-state index in [9.17, 15) is 5.11 Å². The molecule has 1 nitrogen and oxygen atoms in total. The van der Waals surface area contributed by atoms with Gasteiger partial charge in [0.2, 0.25) is 0 Å². The molecule has 0 spiro atoms. The first-order valence-corrected chi connectivity index (χ1v) is 9.90. The van der Waals surface area contributed by atoms with Gasteiger partial charge in [-0.15, -0.1) is 0 Å². The monoisotopic (exact) mass is 318 g/mol. The normalized spacial score (nSPS) is 11.4. The van der Waals surface area contributed by atoms with Crippen molar-refractivity contribution in [3.63, 3.8) is 0 Å². The summed E-state index contributed by atoms with van der Waals surface area (Å²) in [6, 6.07) is 2.09. The van der Waals surface area contributed by atoms with Crippen molar-refractivity contribution in [3.05, 3.63) is 28.3 Å². The molecule has 0 aromatic heterocycles. The number of unbranched alkanes of at least 4 members (excludes halogenated alkanes) is 3. The van der Waals surface area contributed by atoms with Crippen molar-refractivity contribution in [1.29, 1.82) is 0 Å². The zero-order chi connectivity index (χ0) is 17.2. The Hall–Kier alpha value is -0.980. The Morgan fingerprint density at radius 2 is 1.30 bits per heavy atom. The van der Waals surface area contributed by atoms with Crippen LogP contribution >= 0.6 is 0 Å². The van der Waals surface area contributed by atoms with Gasteiger partial charge in [0.05, 0.1) is 0 Å². The number of phenols is 1. The van der Waals surface area contributed by atoms with Crippen LogP contribution in [0, 0.1) is 5.92 Å². The van der Waals surface area contributed by atoms with E-state index in [1.54, 1.807) is 5.56 Å². The Morgan fingerprint density at radius 3 is 1.83 bits per heavy atom. The highest BCUT2D eigenvalue weighted by molar-refractivity contribution is 5.50. The molecule has 0 amide bonds. The molecule has 1 N–H and O–H groups in total. The van der Waals surface area contributed by atoms with Crippen LogP contribution in [0.1, 0.15) is 95.4 Å². The van der Waals surface area contributed by atoms with E-state index in [-0.39, 0.29) is 0 Å². The first kappa shape index (κ1) is 20.1. The SMILES string of the molecule is CCCCc1cc(O)c(CCCC)c(CCCC)c1CC(C)C. The van der Waals surface area contributed by atoms with Gasteiger partial charge in [0.1, 0.15) is 5.75 Å². The average molecular weight is 319 g/mol. The second kappa shape index (κ2) is 10.7. The number of hydrogen-bond acceptors (Lipinski definition) is 1. The molecular formula is C22H38O. The maximum atomic E-state index is 10.7. The standard InChI is InChI=1S/C22H38O/c1-6-9-12-18-16-22(23)20(14-11-8-3)19(13-10-7-2)21(18)15-17(4)5/h16-17,23H,6-15H2,1-5H3. The van der Waals surface area contributed by atoms with E-state index < -0.39 is 0 Å². The second-order valence-corrected chi connectivity index (χ2v) is 7.40. The van der Waals surface area contributed by atoms with Crippen LogP contribution < -0.4 is 0 Å². The van der Waals surface area contributed by atoms with Crippen molar-refractivity contribution >= 4 is 0 Å². The minimum atomic E-state index is 0.558. The lowest BCUT2D eigenvalue weighted by Crippen LogP contribution is -2.09. The van der Waals surface area contributed by atoms with Gasteiger partial charge in [-0.3, -0.25) is 0 Å². The van der Waals surface area contributed by atoms with E-state index in [0.29, 0.717) is 11.7 Å². The van der Waals surface area contributed by atoms with Crippen LogP contribution in [0.3, 0.4) is 0 Å². The van der Waals surface area contributed by atoms with Crippen molar-refractivity contribution in [2.75, 3.05) is 0 Å². The van der Waals surface area contributed by atoms with Gasteiger partial charge < -0.3 is 5.11 Å². The van der Waals surface area contributed by atoms with Gasteiger partial charge in [-0.1, -0.05) is 53.9 Å². The molecule has 0 bridgehead atoms. The fourth-order valence-electron chi connectivity index (χ4n) is 3.41. The molecule has 1 aromatic rings. The van der Waals surface area contributed by atoms with Gasteiger partial charge in [0.15, 0.2) is 0 Å². The van der Waals surface area contributed by atoms with Crippen LogP contribution in [-0.4, -0.2) is 5.11 Å². The second-order valence-electron chi connectivity index (χ2n) is 7.40. The number of phenolic OH excluding ortho intramolecular Hbond substituents is 1. The molecule has 1 heteroatoms. The largest absolute Gasteiger partial charge is 0.508 e. The van der Waals surface area contributed by atoms with Gasteiger partial charge in [0.25, 0.3) is 0 Å². The van der Waals surface area contributed by atoms with Crippen molar-refractivity contribution in [2.24, 2.45) is 5.92 Å². The Morgan fingerprint density at radius 1 is 0.783 bits per heavy atom. The van der Waals surface area contributed by atoms with E-state index >= 15 is 0 Å². The van der Waals surface area contributed by atoms with Gasteiger partial charge >= 0.3 is 0 Å². The summed E-state index contributed by atoms with van der Waals surface area (Å²) in [5, 5.41) is 10.7. The average Bonchev–Trinajstić information content (AvgIpc) is 2.51. The molecule has 0 aliphatic rings. The smallest absolute Gasteiger partial charge is 0.119 e. The fourth-order valence-corrected chi connectivity index (χ4v) is 3.41. The van der Waals surface area contributed by atoms with E-state index in [1.807, 2.05) is 0 Å². The van der Waals surface area contributed by atoms with Crippen molar-refractivity contribution in [1.82, 2.24) is 0 Å². The third kappa shape index (κ3) is 6.20. The first-order chi connectivity index (χ1) is 11.0. The molecule has 0 fully saturated rings. The van der Waals surface area contributed by atoms with Crippen LogP contribution in [0.2, 0.25) is 0 Å². The molecule has 1 rings (SSSR count). The topological polar surface area (TPSA) is 20.2 Å². The summed E-state index contributed by atoms with van der Waals surface area (Å²) >= 11 is 0. The number of aromatic hydroxyl groups is 1. The highest BCUT2D eigenvalue weighted by Crippen LogP contribution is 2.33. The van der Waals surface area contributed by atoms with Gasteiger partial charge in [-0.25, -0.2) is 0 Å². The molecule has 0 radical (unpaired) electrons. The molecule has 0 aliphatic carbocycles. The van der Waals surface area contributed by atoms with E-state index in [1.165, 1.54) is 55.2 Å². The highest BCUT2D eigenvalue weighted by Gasteiger charge is 2.18. The summed E-state index contributed by atoms with van der Waals surface area (Å²) in [6.07, 6.45) is 11.6. The maximum Gasteiger partial charge on any atom is 0.119 e. The molecule has 0 unspecified atom stereocenters. The third-order valence-electron chi connectivity index (χ3n) is 4.71. The molecule has 0 atom stereocenters. The minimum absolute atomic E-state index is 0.558. The minimum Gasteiger partial charge on any atom is -0.508 e. The highest BCUT2D eigenvalue weighted by atomic mass is 16.3. The summed E-state index contributed by atoms with van der Waals surface area (Å²) < 4.78 is 0. The number of aryl methyl sites for hydroxylation is 1. The predicted molar refractivity (Wildman–Crippen MR) is 102 cm³/mol. The van der Waals surface area contributed by atoms with Crippen LogP contribution in [-0.2, 0) is 25.7 Å². The molecule has 0 heterocycles. The Kier molecular flexibility index (Phi) is 9.36. The Bertz CT molecular complexity index is 460. The lowest BCUT2D eigenvalue weighted by molar-refractivity contribution is 0.463. The van der Waals surface area contributed by atoms with Crippen molar-refractivity contribution in [2.45, 2.75) is 98.8 Å². The lowest BCUT2D eigenvalue weighted by Gasteiger charge is -2.22. The summed E-state index contributed by atoms with van der Waals surface area (Å²) in [7, 11) is 0. The summed E-state index contributed by atoms with van der Waals surface area (Å²) in [5.41, 5.74) is 5.70. The fraction of sp³-hybridized carbons (Fsp3) is 0.727. The van der Waals surface area contributed by atoms with Crippen LogP contribution in [0.15, 0.2) is 6.07 Å². The first-order valence-electron chi connectivity index (χ1n) is 9.90. The molecule has 0 saturated heterocycles. The zero-order valence-corrected chi connectivity index (χ0v) is 16.2. The zero-order valence-electron chi connectivity index (χ0n) is 16.2. The Balaban J connectivity index is 3.33. The van der Waals surface area contributed by atoms with Crippen LogP contribution in [0.4, 0.5) is 0 Å². The molecule has 132 valence electrons. The summed E-state index contributed by atoms with van der Waals surface area (Å²) in [6.45, 7) is 11.4. The molecule has 0 aliphatic heterocycles. The van der Waals surface area contributed by atoms with Gasteiger partial charge in [0, 0.05) is 0 Å². The Labute approximate surface area is 144 Å². The molecule has 23 heavy (non-hydrogen) atoms. The third-order valence-corrected chi connectivity index (χ3v) is 4.71. The lowest BCUT2D eigenvalue weighted by atomic mass is 9.84. The maximum absolute atomic E-state index is 10.7. The molecule has 1 aromatic carbocycles. The molecular weight excluding hydrogens is 280 g/mol. The van der Waals surface area contributed by atoms with Crippen molar-refractivity contribution < 1.29 is 5.11 Å². The van der Waals surface area contributed by atoms with Gasteiger partial charge in [-0.05, 0) is 79.2 Å².